The van der Waals surface area contributed by atoms with E-state index in [9.17, 15) is 0 Å². The molecular weight excluding hydrogens is 308 g/mol. The maximum absolute atomic E-state index is 5.69. The van der Waals surface area contributed by atoms with E-state index in [0.29, 0.717) is 6.61 Å². The third kappa shape index (κ3) is 3.03. The van der Waals surface area contributed by atoms with Gasteiger partial charge in [0.25, 0.3) is 0 Å². The van der Waals surface area contributed by atoms with Crippen molar-refractivity contribution in [2.24, 2.45) is 0 Å². The summed E-state index contributed by atoms with van der Waals surface area (Å²) in [4.78, 5) is 15.6. The van der Waals surface area contributed by atoms with E-state index in [-0.39, 0.29) is 0 Å². The number of nitrogens with one attached hydrogen (secondary N) is 2. The van der Waals surface area contributed by atoms with E-state index in [0.717, 1.165) is 44.6 Å². The molecule has 6 heteroatoms. The summed E-state index contributed by atoms with van der Waals surface area (Å²) in [5.41, 5.74) is 3.94. The number of hydrogen-bond donors (Lipinski definition) is 2. The minimum Gasteiger partial charge on any atom is -0.493 e. The van der Waals surface area contributed by atoms with Gasteiger partial charge in [0.2, 0.25) is 0 Å². The van der Waals surface area contributed by atoms with Crippen molar-refractivity contribution in [3.8, 4) is 5.75 Å². The predicted octanol–water partition coefficient (Wildman–Crippen LogP) is 3.92. The lowest BCUT2D eigenvalue weighted by atomic mass is 10.3. The monoisotopic (exact) mass is 324 g/mol. The Hall–Kier alpha value is -2.47. The van der Waals surface area contributed by atoms with Gasteiger partial charge in [0.05, 0.1) is 28.7 Å². The van der Waals surface area contributed by atoms with Crippen molar-refractivity contribution in [1.29, 1.82) is 0 Å². The first-order valence-electron chi connectivity index (χ1n) is 7.45. The van der Waals surface area contributed by atoms with Crippen LogP contribution in [0.25, 0.3) is 22.1 Å². The molecule has 0 saturated carbocycles. The Labute approximate surface area is 137 Å². The largest absolute Gasteiger partial charge is 0.493 e. The highest BCUT2D eigenvalue weighted by Gasteiger charge is 2.07. The summed E-state index contributed by atoms with van der Waals surface area (Å²) in [6, 6.07) is 13.9. The van der Waals surface area contributed by atoms with E-state index >= 15 is 0 Å². The molecule has 0 spiro atoms. The standard InChI is InChI=1S/C17H16N4OS/c1-11-18-13-9-15-16(10-14(13)19-11)21-17(20-15)23-8-7-22-12-5-3-2-4-6-12/h2-6,9-10H,7-8H2,1H3,(H,18,19)(H,20,21). The van der Waals surface area contributed by atoms with Crippen LogP contribution in [0, 0.1) is 6.92 Å². The van der Waals surface area contributed by atoms with Crippen LogP contribution in [0.4, 0.5) is 0 Å². The van der Waals surface area contributed by atoms with Crippen LogP contribution < -0.4 is 4.74 Å². The first kappa shape index (κ1) is 14.1. The van der Waals surface area contributed by atoms with Gasteiger partial charge in [-0.25, -0.2) is 9.97 Å². The van der Waals surface area contributed by atoms with Crippen LogP contribution in [-0.4, -0.2) is 32.3 Å². The van der Waals surface area contributed by atoms with Crippen LogP contribution >= 0.6 is 11.8 Å². The Morgan fingerprint density at radius 3 is 2.65 bits per heavy atom. The second kappa shape index (κ2) is 5.96. The van der Waals surface area contributed by atoms with Crippen LogP contribution in [0.1, 0.15) is 5.82 Å². The van der Waals surface area contributed by atoms with E-state index in [1.54, 1.807) is 11.8 Å². The van der Waals surface area contributed by atoms with Crippen molar-refractivity contribution >= 4 is 33.8 Å². The molecule has 23 heavy (non-hydrogen) atoms. The van der Waals surface area contributed by atoms with E-state index in [4.69, 9.17) is 4.74 Å². The van der Waals surface area contributed by atoms with Crippen LogP contribution in [0.3, 0.4) is 0 Å². The number of rotatable bonds is 5. The Bertz CT molecular complexity index is 894. The van der Waals surface area contributed by atoms with Crippen molar-refractivity contribution in [3.63, 3.8) is 0 Å². The molecule has 0 fully saturated rings. The Balaban J connectivity index is 1.43. The fourth-order valence-electron chi connectivity index (χ4n) is 2.50. The maximum atomic E-state index is 5.69. The van der Waals surface area contributed by atoms with Gasteiger partial charge in [0.15, 0.2) is 5.16 Å². The maximum Gasteiger partial charge on any atom is 0.166 e. The molecule has 0 aliphatic rings. The van der Waals surface area contributed by atoms with Crippen molar-refractivity contribution < 1.29 is 4.74 Å². The third-order valence-electron chi connectivity index (χ3n) is 3.52. The molecule has 0 aliphatic carbocycles. The number of aryl methyl sites for hydroxylation is 1. The quantitative estimate of drug-likeness (QED) is 0.431. The van der Waals surface area contributed by atoms with Gasteiger partial charge in [-0.1, -0.05) is 30.0 Å². The zero-order chi connectivity index (χ0) is 15.6. The number of para-hydroxylation sites is 1. The summed E-state index contributed by atoms with van der Waals surface area (Å²) in [6.07, 6.45) is 0. The topological polar surface area (TPSA) is 66.6 Å². The number of aromatic nitrogens is 4. The van der Waals surface area contributed by atoms with E-state index in [2.05, 4.69) is 26.0 Å². The van der Waals surface area contributed by atoms with Crippen LogP contribution in [0.15, 0.2) is 47.6 Å². The van der Waals surface area contributed by atoms with Gasteiger partial charge in [-0.3, -0.25) is 0 Å². The lowest BCUT2D eigenvalue weighted by Crippen LogP contribution is -1.99. The second-order valence-electron chi connectivity index (χ2n) is 5.26. The summed E-state index contributed by atoms with van der Waals surface area (Å²) in [5.74, 6) is 2.65. The zero-order valence-corrected chi connectivity index (χ0v) is 13.5. The number of benzene rings is 2. The first-order valence-corrected chi connectivity index (χ1v) is 8.43. The average Bonchev–Trinajstić information content (AvgIpc) is 3.11. The van der Waals surface area contributed by atoms with Crippen molar-refractivity contribution in [2.75, 3.05) is 12.4 Å². The number of hydrogen-bond acceptors (Lipinski definition) is 4. The summed E-state index contributed by atoms with van der Waals surface area (Å²) < 4.78 is 5.69. The number of imidazole rings is 2. The van der Waals surface area contributed by atoms with E-state index in [1.165, 1.54) is 0 Å². The van der Waals surface area contributed by atoms with Crippen molar-refractivity contribution in [1.82, 2.24) is 19.9 Å². The SMILES string of the molecule is Cc1nc2cc3nc(SCCOc4ccccc4)[nH]c3cc2[nH]1. The smallest absolute Gasteiger partial charge is 0.166 e. The molecule has 0 atom stereocenters. The fraction of sp³-hybridized carbons (Fsp3) is 0.176. The minimum atomic E-state index is 0.646. The fourth-order valence-corrected chi connectivity index (χ4v) is 3.21. The molecule has 4 rings (SSSR count). The molecule has 0 amide bonds. The molecule has 0 bridgehead atoms. The molecule has 2 N–H and O–H groups in total. The Morgan fingerprint density at radius 2 is 1.78 bits per heavy atom. The normalized spacial score (nSPS) is 11.3. The first-order chi connectivity index (χ1) is 11.3. The molecule has 2 aromatic heterocycles. The zero-order valence-electron chi connectivity index (χ0n) is 12.7. The van der Waals surface area contributed by atoms with Gasteiger partial charge in [-0.15, -0.1) is 0 Å². The summed E-state index contributed by atoms with van der Waals surface area (Å²) in [7, 11) is 0. The number of thioether (sulfide) groups is 1. The van der Waals surface area contributed by atoms with E-state index in [1.807, 2.05) is 43.3 Å². The number of fused-ring (bicyclic) bond motifs is 2. The van der Waals surface area contributed by atoms with E-state index < -0.39 is 0 Å². The summed E-state index contributed by atoms with van der Waals surface area (Å²) >= 11 is 1.66. The molecule has 5 nitrogen and oxygen atoms in total. The van der Waals surface area contributed by atoms with Crippen molar-refractivity contribution in [2.45, 2.75) is 12.1 Å². The number of aromatic amines is 2. The van der Waals surface area contributed by atoms with Crippen LogP contribution in [-0.2, 0) is 0 Å². The van der Waals surface area contributed by atoms with Gasteiger partial charge in [0.1, 0.15) is 11.6 Å². The van der Waals surface area contributed by atoms with Gasteiger partial charge in [-0.2, -0.15) is 0 Å². The lowest BCUT2D eigenvalue weighted by Gasteiger charge is -2.04. The second-order valence-corrected chi connectivity index (χ2v) is 6.34. The Morgan fingerprint density at radius 1 is 1.00 bits per heavy atom. The minimum absolute atomic E-state index is 0.646. The molecule has 116 valence electrons. The molecular formula is C17H16N4OS. The number of nitrogens with zero attached hydrogens (tertiary/aromatic N) is 2. The molecule has 0 radical (unpaired) electrons. The summed E-state index contributed by atoms with van der Waals surface area (Å²) in [6.45, 7) is 2.60. The van der Waals surface area contributed by atoms with Crippen molar-refractivity contribution in [3.05, 3.63) is 48.3 Å². The highest BCUT2D eigenvalue weighted by Crippen LogP contribution is 2.23. The van der Waals surface area contributed by atoms with Gasteiger partial charge in [0, 0.05) is 5.75 Å². The third-order valence-corrected chi connectivity index (χ3v) is 4.35. The Kier molecular flexibility index (Phi) is 3.67. The van der Waals surface area contributed by atoms with Gasteiger partial charge < -0.3 is 14.7 Å². The van der Waals surface area contributed by atoms with Gasteiger partial charge in [-0.05, 0) is 31.2 Å². The summed E-state index contributed by atoms with van der Waals surface area (Å²) in [5, 5.41) is 0.904. The highest BCUT2D eigenvalue weighted by molar-refractivity contribution is 7.99. The van der Waals surface area contributed by atoms with Crippen LogP contribution in [0.2, 0.25) is 0 Å². The molecule has 0 aliphatic heterocycles. The number of ether oxygens (including phenoxy) is 1. The lowest BCUT2D eigenvalue weighted by molar-refractivity contribution is 0.344. The molecule has 0 unspecified atom stereocenters. The van der Waals surface area contributed by atoms with Crippen LogP contribution in [0.5, 0.6) is 5.75 Å². The average molecular weight is 324 g/mol. The predicted molar refractivity (Wildman–Crippen MR) is 93.1 cm³/mol. The van der Waals surface area contributed by atoms with Gasteiger partial charge >= 0.3 is 0 Å². The molecule has 2 heterocycles. The number of H-pyrrole nitrogens is 2. The molecule has 2 aromatic carbocycles. The molecule has 4 aromatic rings. The highest BCUT2D eigenvalue weighted by atomic mass is 32.2. The molecule has 0 saturated heterocycles.